The summed E-state index contributed by atoms with van der Waals surface area (Å²) in [4.78, 5) is 19.9. The van der Waals surface area contributed by atoms with Crippen molar-refractivity contribution in [2.75, 3.05) is 45.8 Å². The number of allylic oxidation sites excluding steroid dienone is 2. The fourth-order valence-electron chi connectivity index (χ4n) is 4.26. The quantitative estimate of drug-likeness (QED) is 0.723. The van der Waals surface area contributed by atoms with Crippen molar-refractivity contribution in [3.63, 3.8) is 0 Å². The molecular formula is C24H34N4O. The molecule has 0 spiro atoms. The van der Waals surface area contributed by atoms with Gasteiger partial charge in [0.05, 0.1) is 0 Å². The summed E-state index contributed by atoms with van der Waals surface area (Å²) < 4.78 is 0. The van der Waals surface area contributed by atoms with Gasteiger partial charge < -0.3 is 10.6 Å². The van der Waals surface area contributed by atoms with Crippen molar-refractivity contribution in [3.05, 3.63) is 72.5 Å². The normalized spacial score (nSPS) is 20.3. The number of nitrogens with zero attached hydrogens (tertiary/aromatic N) is 3. The molecule has 1 aromatic carbocycles. The van der Waals surface area contributed by atoms with Crippen LogP contribution < -0.4 is 5.73 Å². The molecule has 2 saturated heterocycles. The van der Waals surface area contributed by atoms with Crippen LogP contribution in [0.4, 0.5) is 0 Å². The maximum absolute atomic E-state index is 13.0. The van der Waals surface area contributed by atoms with Crippen LogP contribution in [0.5, 0.6) is 0 Å². The first-order chi connectivity index (χ1) is 14.2. The molecule has 5 heteroatoms. The zero-order valence-electron chi connectivity index (χ0n) is 17.4. The van der Waals surface area contributed by atoms with E-state index in [1.807, 2.05) is 12.2 Å². The third kappa shape index (κ3) is 6.31. The van der Waals surface area contributed by atoms with Crippen LogP contribution in [0.15, 0.2) is 66.9 Å². The first kappa shape index (κ1) is 21.3. The summed E-state index contributed by atoms with van der Waals surface area (Å²) in [6.07, 6.45) is 9.17. The highest BCUT2D eigenvalue weighted by molar-refractivity contribution is 5.79. The molecule has 156 valence electrons. The summed E-state index contributed by atoms with van der Waals surface area (Å²) in [5.41, 5.74) is 8.03. The van der Waals surface area contributed by atoms with Crippen LogP contribution in [-0.2, 0) is 11.3 Å². The van der Waals surface area contributed by atoms with Crippen LogP contribution in [0, 0.1) is 5.92 Å². The SMILES string of the molecule is C=C/C=C(\C=C/N)CN1CCC(C(=O)N2CCN(Cc3ccccc3)CC2)CC1. The molecule has 0 aliphatic carbocycles. The Kier molecular flexibility index (Phi) is 8.08. The predicted octanol–water partition coefficient (Wildman–Crippen LogP) is 2.63. The minimum Gasteiger partial charge on any atom is -0.405 e. The van der Waals surface area contributed by atoms with Gasteiger partial charge >= 0.3 is 0 Å². The summed E-state index contributed by atoms with van der Waals surface area (Å²) in [5.74, 6) is 0.525. The van der Waals surface area contributed by atoms with E-state index in [4.69, 9.17) is 5.73 Å². The van der Waals surface area contributed by atoms with Gasteiger partial charge in [-0.2, -0.15) is 0 Å². The van der Waals surface area contributed by atoms with Crippen molar-refractivity contribution in [2.24, 2.45) is 11.7 Å². The molecule has 29 heavy (non-hydrogen) atoms. The number of hydrogen-bond donors (Lipinski definition) is 1. The smallest absolute Gasteiger partial charge is 0.225 e. The molecule has 3 rings (SSSR count). The standard InChI is InChI=1S/C24H34N4O/c1-2-6-21(9-12-25)19-26-13-10-23(11-14-26)24(29)28-17-15-27(16-18-28)20-22-7-4-3-5-8-22/h2-9,12,23H,1,10-11,13-20,25H2/b12-9-,21-6+. The van der Waals surface area contributed by atoms with E-state index in [1.165, 1.54) is 5.56 Å². The molecular weight excluding hydrogens is 360 g/mol. The summed E-state index contributed by atoms with van der Waals surface area (Å²) >= 11 is 0. The van der Waals surface area contributed by atoms with Gasteiger partial charge in [-0.05, 0) is 49.3 Å². The molecule has 2 fully saturated rings. The van der Waals surface area contributed by atoms with Gasteiger partial charge in [0.15, 0.2) is 0 Å². The number of likely N-dealkylation sites (tertiary alicyclic amines) is 1. The number of amides is 1. The molecule has 0 unspecified atom stereocenters. The number of carbonyl (C=O) groups is 1. The van der Waals surface area contributed by atoms with Crippen molar-refractivity contribution >= 4 is 5.91 Å². The fraction of sp³-hybridized carbons (Fsp3) is 0.458. The monoisotopic (exact) mass is 394 g/mol. The Hall–Kier alpha value is -2.37. The summed E-state index contributed by atoms with van der Waals surface area (Å²) in [6.45, 7) is 11.1. The van der Waals surface area contributed by atoms with Crippen molar-refractivity contribution in [1.29, 1.82) is 0 Å². The van der Waals surface area contributed by atoms with E-state index in [1.54, 1.807) is 12.3 Å². The second kappa shape index (κ2) is 11.0. The molecule has 0 aromatic heterocycles. The predicted molar refractivity (Wildman–Crippen MR) is 119 cm³/mol. The lowest BCUT2D eigenvalue weighted by molar-refractivity contribution is -0.138. The van der Waals surface area contributed by atoms with Crippen LogP contribution in [0.1, 0.15) is 18.4 Å². The Bertz CT molecular complexity index is 712. The Morgan fingerprint density at radius 3 is 2.34 bits per heavy atom. The second-order valence-corrected chi connectivity index (χ2v) is 7.97. The van der Waals surface area contributed by atoms with E-state index >= 15 is 0 Å². The number of hydrogen-bond acceptors (Lipinski definition) is 4. The zero-order valence-corrected chi connectivity index (χ0v) is 17.4. The summed E-state index contributed by atoms with van der Waals surface area (Å²) in [5, 5.41) is 0. The largest absolute Gasteiger partial charge is 0.405 e. The van der Waals surface area contributed by atoms with Gasteiger partial charge in [0.1, 0.15) is 0 Å². The van der Waals surface area contributed by atoms with E-state index in [0.29, 0.717) is 5.91 Å². The van der Waals surface area contributed by atoms with Gasteiger partial charge in [0.2, 0.25) is 5.91 Å². The lowest BCUT2D eigenvalue weighted by Gasteiger charge is -2.38. The fourth-order valence-corrected chi connectivity index (χ4v) is 4.26. The van der Waals surface area contributed by atoms with Gasteiger partial charge in [-0.15, -0.1) is 0 Å². The maximum atomic E-state index is 13.0. The maximum Gasteiger partial charge on any atom is 0.225 e. The van der Waals surface area contributed by atoms with Gasteiger partial charge in [-0.1, -0.05) is 49.1 Å². The zero-order chi connectivity index (χ0) is 20.5. The van der Waals surface area contributed by atoms with Crippen molar-refractivity contribution < 1.29 is 4.79 Å². The number of benzene rings is 1. The van der Waals surface area contributed by atoms with E-state index < -0.39 is 0 Å². The minimum atomic E-state index is 0.170. The first-order valence-electron chi connectivity index (χ1n) is 10.7. The van der Waals surface area contributed by atoms with Crippen LogP contribution in [-0.4, -0.2) is 66.4 Å². The Labute approximate surface area is 175 Å². The highest BCUT2D eigenvalue weighted by Crippen LogP contribution is 2.22. The average Bonchev–Trinajstić information content (AvgIpc) is 2.75. The lowest BCUT2D eigenvalue weighted by atomic mass is 9.94. The molecule has 2 heterocycles. The third-order valence-electron chi connectivity index (χ3n) is 5.92. The second-order valence-electron chi connectivity index (χ2n) is 7.97. The van der Waals surface area contributed by atoms with Crippen molar-refractivity contribution in [1.82, 2.24) is 14.7 Å². The Morgan fingerprint density at radius 1 is 1.03 bits per heavy atom. The number of carbonyl (C=O) groups excluding carboxylic acids is 1. The average molecular weight is 395 g/mol. The molecule has 5 nitrogen and oxygen atoms in total. The molecule has 0 radical (unpaired) electrons. The van der Waals surface area contributed by atoms with E-state index in [2.05, 4.69) is 51.6 Å². The van der Waals surface area contributed by atoms with Crippen LogP contribution >= 0.6 is 0 Å². The van der Waals surface area contributed by atoms with Crippen LogP contribution in [0.25, 0.3) is 0 Å². The highest BCUT2D eigenvalue weighted by Gasteiger charge is 2.30. The number of nitrogens with two attached hydrogens (primary N) is 1. The van der Waals surface area contributed by atoms with Crippen LogP contribution in [0.2, 0.25) is 0 Å². The molecule has 2 aliphatic rings. The Morgan fingerprint density at radius 2 is 1.72 bits per heavy atom. The number of rotatable bonds is 7. The van der Waals surface area contributed by atoms with Crippen LogP contribution in [0.3, 0.4) is 0 Å². The van der Waals surface area contributed by atoms with E-state index in [9.17, 15) is 4.79 Å². The van der Waals surface area contributed by atoms with Gasteiger partial charge in [0, 0.05) is 45.2 Å². The minimum absolute atomic E-state index is 0.170. The molecule has 0 bridgehead atoms. The summed E-state index contributed by atoms with van der Waals surface area (Å²) in [7, 11) is 0. The molecule has 1 aromatic rings. The van der Waals surface area contributed by atoms with Gasteiger partial charge in [-0.3, -0.25) is 14.6 Å². The molecule has 1 amide bonds. The van der Waals surface area contributed by atoms with E-state index in [0.717, 1.165) is 70.8 Å². The number of piperazine rings is 1. The van der Waals surface area contributed by atoms with Crippen molar-refractivity contribution in [3.8, 4) is 0 Å². The molecule has 0 saturated carbocycles. The molecule has 2 aliphatic heterocycles. The lowest BCUT2D eigenvalue weighted by Crippen LogP contribution is -2.51. The van der Waals surface area contributed by atoms with Crippen molar-refractivity contribution in [2.45, 2.75) is 19.4 Å². The third-order valence-corrected chi connectivity index (χ3v) is 5.92. The Balaban J connectivity index is 1.42. The first-order valence-corrected chi connectivity index (χ1v) is 10.7. The van der Waals surface area contributed by atoms with Gasteiger partial charge in [-0.25, -0.2) is 0 Å². The highest BCUT2D eigenvalue weighted by atomic mass is 16.2. The van der Waals surface area contributed by atoms with Gasteiger partial charge in [0.25, 0.3) is 0 Å². The molecule has 0 atom stereocenters. The van der Waals surface area contributed by atoms with E-state index in [-0.39, 0.29) is 5.92 Å². The topological polar surface area (TPSA) is 52.8 Å². The number of piperidine rings is 1. The summed E-state index contributed by atoms with van der Waals surface area (Å²) in [6, 6.07) is 10.6. The molecule has 2 N–H and O–H groups in total.